The van der Waals surface area contributed by atoms with E-state index in [9.17, 15) is 21.6 Å². The summed E-state index contributed by atoms with van der Waals surface area (Å²) in [6, 6.07) is 0. The van der Waals surface area contributed by atoms with E-state index in [4.69, 9.17) is 16.7 Å². The molecule has 0 aliphatic heterocycles. The maximum Gasteiger partial charge on any atom is 0.435 e. The van der Waals surface area contributed by atoms with Crippen LogP contribution in [0.15, 0.2) is 0 Å². The summed E-state index contributed by atoms with van der Waals surface area (Å²) in [7, 11) is -3.34. The fourth-order valence-electron chi connectivity index (χ4n) is 1.36. The van der Waals surface area contributed by atoms with Crippen LogP contribution in [0.4, 0.5) is 13.2 Å². The van der Waals surface area contributed by atoms with E-state index >= 15 is 0 Å². The van der Waals surface area contributed by atoms with Gasteiger partial charge in [-0.05, 0) is 0 Å². The largest absolute Gasteiger partial charge is 0.435 e. The third-order valence-corrected chi connectivity index (χ3v) is 4.57. The third kappa shape index (κ3) is 3.83. The molecule has 0 spiro atoms. The van der Waals surface area contributed by atoms with Gasteiger partial charge in [0.1, 0.15) is 5.15 Å². The highest BCUT2D eigenvalue weighted by Crippen LogP contribution is 2.34. The molecular formula is C9H12ClF3N2O3S. The summed E-state index contributed by atoms with van der Waals surface area (Å²) in [4.78, 5) is 0. The standard InChI is InChI=1S/C9H12ClF3N2O3S/c1-2-19(17,18)4-3-15-8(10)6(5-16)7(14-15)9(11,12)13/h16H,2-5H2,1H3. The topological polar surface area (TPSA) is 72.2 Å². The van der Waals surface area contributed by atoms with E-state index in [0.717, 1.165) is 4.68 Å². The van der Waals surface area contributed by atoms with Crippen LogP contribution in [-0.4, -0.2) is 34.8 Å². The van der Waals surface area contributed by atoms with Crippen LogP contribution in [0.3, 0.4) is 0 Å². The summed E-state index contributed by atoms with van der Waals surface area (Å²) in [5, 5.41) is 11.7. The number of aromatic nitrogens is 2. The number of hydrogen-bond donors (Lipinski definition) is 1. The predicted octanol–water partition coefficient (Wildman–Crippen LogP) is 1.48. The van der Waals surface area contributed by atoms with Crippen molar-refractivity contribution in [2.24, 2.45) is 0 Å². The van der Waals surface area contributed by atoms with Crippen LogP contribution in [0.1, 0.15) is 18.2 Å². The Balaban J connectivity index is 3.08. The second kappa shape index (κ2) is 5.68. The lowest BCUT2D eigenvalue weighted by molar-refractivity contribution is -0.142. The van der Waals surface area contributed by atoms with Gasteiger partial charge in [-0.2, -0.15) is 18.3 Å². The van der Waals surface area contributed by atoms with Crippen LogP contribution in [0.2, 0.25) is 5.15 Å². The summed E-state index contributed by atoms with van der Waals surface area (Å²) in [5.41, 5.74) is -1.85. The van der Waals surface area contributed by atoms with Gasteiger partial charge in [0.25, 0.3) is 0 Å². The first-order valence-electron chi connectivity index (χ1n) is 5.26. The van der Waals surface area contributed by atoms with Crippen LogP contribution in [0.25, 0.3) is 0 Å². The van der Waals surface area contributed by atoms with E-state index in [1.54, 1.807) is 0 Å². The number of nitrogens with zero attached hydrogens (tertiary/aromatic N) is 2. The minimum absolute atomic E-state index is 0.120. The zero-order chi connectivity index (χ0) is 14.8. The molecule has 0 bridgehead atoms. The maximum atomic E-state index is 12.6. The van der Waals surface area contributed by atoms with E-state index in [1.807, 2.05) is 0 Å². The Kier molecular flexibility index (Phi) is 4.86. The molecule has 0 radical (unpaired) electrons. The Hall–Kier alpha value is -0.800. The molecule has 0 unspecified atom stereocenters. The number of sulfone groups is 1. The number of aliphatic hydroxyl groups is 1. The van der Waals surface area contributed by atoms with Crippen molar-refractivity contribution < 1.29 is 26.7 Å². The first kappa shape index (κ1) is 16.3. The zero-order valence-electron chi connectivity index (χ0n) is 9.91. The SMILES string of the molecule is CCS(=O)(=O)CCn1nc(C(F)(F)F)c(CO)c1Cl. The van der Waals surface area contributed by atoms with Gasteiger partial charge in [0.15, 0.2) is 15.5 Å². The van der Waals surface area contributed by atoms with Crippen LogP contribution in [-0.2, 0) is 29.2 Å². The molecule has 0 aromatic carbocycles. The Morgan fingerprint density at radius 3 is 2.37 bits per heavy atom. The number of hydrogen-bond acceptors (Lipinski definition) is 4. The molecule has 0 saturated carbocycles. The summed E-state index contributed by atoms with van der Waals surface area (Å²) < 4.78 is 61.1. The maximum absolute atomic E-state index is 12.6. The zero-order valence-corrected chi connectivity index (χ0v) is 11.5. The molecule has 0 aliphatic rings. The fourth-order valence-corrected chi connectivity index (χ4v) is 2.38. The monoisotopic (exact) mass is 320 g/mol. The highest BCUT2D eigenvalue weighted by Gasteiger charge is 2.38. The van der Waals surface area contributed by atoms with Crippen LogP contribution in [0.5, 0.6) is 0 Å². The third-order valence-electron chi connectivity index (χ3n) is 2.46. The summed E-state index contributed by atoms with van der Waals surface area (Å²) in [6.45, 7) is 0.215. The van der Waals surface area contributed by atoms with E-state index < -0.39 is 39.0 Å². The van der Waals surface area contributed by atoms with Gasteiger partial charge in [-0.1, -0.05) is 18.5 Å². The van der Waals surface area contributed by atoms with Gasteiger partial charge in [0.05, 0.1) is 18.9 Å². The van der Waals surface area contributed by atoms with Gasteiger partial charge in [-0.15, -0.1) is 0 Å². The van der Waals surface area contributed by atoms with E-state index in [2.05, 4.69) is 5.10 Å². The molecule has 0 fully saturated rings. The molecule has 0 saturated heterocycles. The number of aliphatic hydroxyl groups excluding tert-OH is 1. The van der Waals surface area contributed by atoms with Crippen LogP contribution >= 0.6 is 11.6 Å². The quantitative estimate of drug-likeness (QED) is 0.892. The molecule has 19 heavy (non-hydrogen) atoms. The van der Waals surface area contributed by atoms with Gasteiger partial charge in [0, 0.05) is 11.3 Å². The minimum Gasteiger partial charge on any atom is -0.391 e. The predicted molar refractivity (Wildman–Crippen MR) is 62.5 cm³/mol. The van der Waals surface area contributed by atoms with Gasteiger partial charge in [-0.3, -0.25) is 4.68 Å². The lowest BCUT2D eigenvalue weighted by atomic mass is 10.2. The van der Waals surface area contributed by atoms with Gasteiger partial charge in [0.2, 0.25) is 0 Å². The van der Waals surface area contributed by atoms with Crippen LogP contribution in [0, 0.1) is 0 Å². The van der Waals surface area contributed by atoms with Crippen molar-refractivity contribution in [1.82, 2.24) is 9.78 Å². The molecule has 1 aromatic heterocycles. The molecule has 1 heterocycles. The Morgan fingerprint density at radius 2 is 2.00 bits per heavy atom. The lowest BCUT2D eigenvalue weighted by Crippen LogP contribution is -2.16. The van der Waals surface area contributed by atoms with Crippen LogP contribution < -0.4 is 0 Å². The van der Waals surface area contributed by atoms with Crippen molar-refractivity contribution in [3.05, 3.63) is 16.4 Å². The number of rotatable bonds is 5. The van der Waals surface area contributed by atoms with E-state index in [-0.39, 0.29) is 18.1 Å². The molecule has 10 heteroatoms. The van der Waals surface area contributed by atoms with Gasteiger partial charge < -0.3 is 5.11 Å². The first-order valence-corrected chi connectivity index (χ1v) is 7.46. The van der Waals surface area contributed by atoms with Gasteiger partial charge >= 0.3 is 6.18 Å². The highest BCUT2D eigenvalue weighted by atomic mass is 35.5. The van der Waals surface area contributed by atoms with Crippen molar-refractivity contribution in [3.8, 4) is 0 Å². The Labute approximate surface area is 112 Å². The van der Waals surface area contributed by atoms with Crippen molar-refractivity contribution in [2.45, 2.75) is 26.3 Å². The fraction of sp³-hybridized carbons (Fsp3) is 0.667. The van der Waals surface area contributed by atoms with Crippen molar-refractivity contribution >= 4 is 21.4 Å². The van der Waals surface area contributed by atoms with Crippen molar-refractivity contribution in [2.75, 3.05) is 11.5 Å². The lowest BCUT2D eigenvalue weighted by Gasteiger charge is -2.03. The number of aryl methyl sites for hydroxylation is 1. The average molecular weight is 321 g/mol. The molecule has 5 nitrogen and oxygen atoms in total. The summed E-state index contributed by atoms with van der Waals surface area (Å²) >= 11 is 5.65. The second-order valence-electron chi connectivity index (χ2n) is 3.73. The summed E-state index contributed by atoms with van der Waals surface area (Å²) in [5.74, 6) is -0.488. The molecule has 0 aliphatic carbocycles. The normalized spacial score (nSPS) is 12.9. The van der Waals surface area contributed by atoms with E-state index in [0.29, 0.717) is 0 Å². The molecule has 1 N–H and O–H groups in total. The molecule has 1 aromatic rings. The Morgan fingerprint density at radius 1 is 1.42 bits per heavy atom. The molecule has 110 valence electrons. The molecular weight excluding hydrogens is 309 g/mol. The smallest absolute Gasteiger partial charge is 0.391 e. The van der Waals surface area contributed by atoms with Crippen molar-refractivity contribution in [3.63, 3.8) is 0 Å². The average Bonchev–Trinajstić information content (AvgIpc) is 2.63. The van der Waals surface area contributed by atoms with Gasteiger partial charge in [-0.25, -0.2) is 8.42 Å². The minimum atomic E-state index is -4.75. The first-order chi connectivity index (χ1) is 8.62. The van der Waals surface area contributed by atoms with Crippen molar-refractivity contribution in [1.29, 1.82) is 0 Å². The highest BCUT2D eigenvalue weighted by molar-refractivity contribution is 7.91. The molecule has 1 rings (SSSR count). The second-order valence-corrected chi connectivity index (χ2v) is 6.56. The number of alkyl halides is 3. The Bertz CT molecular complexity index is 554. The summed E-state index contributed by atoms with van der Waals surface area (Å²) in [6.07, 6.45) is -4.75. The number of halogens is 4. The van der Waals surface area contributed by atoms with E-state index in [1.165, 1.54) is 6.92 Å². The molecule has 0 amide bonds. The molecule has 0 atom stereocenters.